The number of hydrogen-bond donors (Lipinski definition) is 3. The minimum atomic E-state index is -1.18. The van der Waals surface area contributed by atoms with E-state index in [1.165, 1.54) is 31.2 Å². The van der Waals surface area contributed by atoms with Crippen LogP contribution in [0.2, 0.25) is 0 Å². The zero-order valence-corrected chi connectivity index (χ0v) is 11.0. The summed E-state index contributed by atoms with van der Waals surface area (Å²) in [7, 11) is 0. The van der Waals surface area contributed by atoms with E-state index < -0.39 is 12.0 Å². The maximum Gasteiger partial charge on any atom is 0.159 e. The van der Waals surface area contributed by atoms with Gasteiger partial charge in [-0.15, -0.1) is 0 Å². The van der Waals surface area contributed by atoms with Crippen molar-refractivity contribution in [3.05, 3.63) is 59.7 Å². The largest absolute Gasteiger partial charge is 0.508 e. The zero-order valence-electron chi connectivity index (χ0n) is 11.0. The van der Waals surface area contributed by atoms with Gasteiger partial charge in [-0.3, -0.25) is 4.79 Å². The van der Waals surface area contributed by atoms with Gasteiger partial charge in [-0.1, -0.05) is 24.3 Å². The highest BCUT2D eigenvalue weighted by molar-refractivity contribution is 5.82. The van der Waals surface area contributed by atoms with Crippen LogP contribution in [-0.4, -0.2) is 27.2 Å². The summed E-state index contributed by atoms with van der Waals surface area (Å²) < 4.78 is 0. The predicted molar refractivity (Wildman–Crippen MR) is 74.7 cm³/mol. The molecule has 104 valence electrons. The SMILES string of the molecule is CC(=O)C(O)C(c1ccc(O)cc1)c1ccc(O)cc1. The van der Waals surface area contributed by atoms with E-state index in [1.807, 2.05) is 0 Å². The molecule has 0 aliphatic rings. The maximum atomic E-state index is 11.5. The number of carbonyl (C=O) groups excluding carboxylic acids is 1. The van der Waals surface area contributed by atoms with Crippen LogP contribution in [0, 0.1) is 0 Å². The molecular formula is C16H16O4. The van der Waals surface area contributed by atoms with E-state index in [0.717, 1.165) is 11.1 Å². The zero-order chi connectivity index (χ0) is 14.7. The van der Waals surface area contributed by atoms with E-state index in [0.29, 0.717) is 0 Å². The van der Waals surface area contributed by atoms with Crippen LogP contribution in [0.5, 0.6) is 11.5 Å². The Labute approximate surface area is 116 Å². The number of rotatable bonds is 4. The van der Waals surface area contributed by atoms with Crippen LogP contribution in [0.25, 0.3) is 0 Å². The highest BCUT2D eigenvalue weighted by Crippen LogP contribution is 2.30. The van der Waals surface area contributed by atoms with Crippen molar-refractivity contribution in [1.82, 2.24) is 0 Å². The average molecular weight is 272 g/mol. The molecule has 2 aromatic rings. The molecule has 2 rings (SSSR count). The molecule has 0 aliphatic carbocycles. The fourth-order valence-electron chi connectivity index (χ4n) is 2.16. The van der Waals surface area contributed by atoms with Crippen molar-refractivity contribution in [2.24, 2.45) is 0 Å². The normalized spacial score (nSPS) is 12.3. The van der Waals surface area contributed by atoms with Crippen LogP contribution in [0.4, 0.5) is 0 Å². The maximum absolute atomic E-state index is 11.5. The van der Waals surface area contributed by atoms with Crippen molar-refractivity contribution in [2.75, 3.05) is 0 Å². The lowest BCUT2D eigenvalue weighted by Crippen LogP contribution is -2.26. The van der Waals surface area contributed by atoms with Crippen molar-refractivity contribution in [1.29, 1.82) is 0 Å². The third kappa shape index (κ3) is 2.97. The third-order valence-electron chi connectivity index (χ3n) is 3.24. The van der Waals surface area contributed by atoms with Gasteiger partial charge in [0.05, 0.1) is 0 Å². The van der Waals surface area contributed by atoms with Crippen LogP contribution in [-0.2, 0) is 4.79 Å². The minimum Gasteiger partial charge on any atom is -0.508 e. The molecule has 0 bridgehead atoms. The molecule has 4 nitrogen and oxygen atoms in total. The Balaban J connectivity index is 2.46. The first-order chi connectivity index (χ1) is 9.49. The first kappa shape index (κ1) is 14.1. The van der Waals surface area contributed by atoms with Gasteiger partial charge in [0, 0.05) is 5.92 Å². The number of aromatic hydroxyl groups is 2. The molecule has 3 N–H and O–H groups in total. The van der Waals surface area contributed by atoms with Crippen molar-refractivity contribution >= 4 is 5.78 Å². The lowest BCUT2D eigenvalue weighted by molar-refractivity contribution is -0.125. The Morgan fingerprint density at radius 3 is 1.50 bits per heavy atom. The van der Waals surface area contributed by atoms with E-state index >= 15 is 0 Å². The van der Waals surface area contributed by atoms with Crippen molar-refractivity contribution < 1.29 is 20.1 Å². The van der Waals surface area contributed by atoms with Crippen LogP contribution in [0.15, 0.2) is 48.5 Å². The first-order valence-electron chi connectivity index (χ1n) is 6.25. The topological polar surface area (TPSA) is 77.8 Å². The second kappa shape index (κ2) is 5.75. The van der Waals surface area contributed by atoms with Gasteiger partial charge in [-0.25, -0.2) is 0 Å². The third-order valence-corrected chi connectivity index (χ3v) is 3.24. The van der Waals surface area contributed by atoms with E-state index in [9.17, 15) is 20.1 Å². The molecule has 0 saturated carbocycles. The number of aliphatic hydroxyl groups is 1. The molecule has 0 aromatic heterocycles. The summed E-state index contributed by atoms with van der Waals surface area (Å²) in [6.07, 6.45) is -1.18. The molecule has 0 spiro atoms. The number of benzene rings is 2. The lowest BCUT2D eigenvalue weighted by Gasteiger charge is -2.22. The van der Waals surface area contributed by atoms with Crippen LogP contribution in [0.1, 0.15) is 24.0 Å². The number of hydrogen-bond acceptors (Lipinski definition) is 4. The van der Waals surface area contributed by atoms with Gasteiger partial charge in [-0.05, 0) is 42.3 Å². The van der Waals surface area contributed by atoms with Gasteiger partial charge in [0.2, 0.25) is 0 Å². The minimum absolute atomic E-state index is 0.121. The average Bonchev–Trinajstić information content (AvgIpc) is 2.43. The van der Waals surface area contributed by atoms with Crippen LogP contribution in [0.3, 0.4) is 0 Å². The molecular weight excluding hydrogens is 256 g/mol. The fourth-order valence-corrected chi connectivity index (χ4v) is 2.16. The van der Waals surface area contributed by atoms with Crippen molar-refractivity contribution in [2.45, 2.75) is 18.9 Å². The summed E-state index contributed by atoms with van der Waals surface area (Å²) in [6.45, 7) is 1.33. The highest BCUT2D eigenvalue weighted by Gasteiger charge is 2.26. The molecule has 20 heavy (non-hydrogen) atoms. The smallest absolute Gasteiger partial charge is 0.159 e. The number of aliphatic hydroxyl groups excluding tert-OH is 1. The van der Waals surface area contributed by atoms with E-state index in [2.05, 4.69) is 0 Å². The molecule has 1 atom stereocenters. The lowest BCUT2D eigenvalue weighted by atomic mass is 9.85. The number of phenols is 2. The molecule has 0 amide bonds. The monoisotopic (exact) mass is 272 g/mol. The Morgan fingerprint density at radius 1 is 0.850 bits per heavy atom. The number of phenolic OH excluding ortho intramolecular Hbond substituents is 2. The van der Waals surface area contributed by atoms with Gasteiger partial charge < -0.3 is 15.3 Å². The first-order valence-corrected chi connectivity index (χ1v) is 6.25. The molecule has 0 fully saturated rings. The van der Waals surface area contributed by atoms with E-state index in [4.69, 9.17) is 0 Å². The molecule has 0 aliphatic heterocycles. The molecule has 0 radical (unpaired) electrons. The fraction of sp³-hybridized carbons (Fsp3) is 0.188. The molecule has 0 heterocycles. The predicted octanol–water partition coefficient (Wildman–Crippen LogP) is 2.18. The Kier molecular flexibility index (Phi) is 4.05. The molecule has 0 saturated heterocycles. The van der Waals surface area contributed by atoms with Crippen LogP contribution < -0.4 is 0 Å². The van der Waals surface area contributed by atoms with Gasteiger partial charge in [0.25, 0.3) is 0 Å². The summed E-state index contributed by atoms with van der Waals surface area (Å²) in [5.41, 5.74) is 1.44. The standard InChI is InChI=1S/C16H16O4/c1-10(17)16(20)15(11-2-6-13(18)7-3-11)12-4-8-14(19)9-5-12/h2-9,15-16,18-20H,1H3. The summed E-state index contributed by atoms with van der Waals surface area (Å²) in [6, 6.07) is 12.7. The highest BCUT2D eigenvalue weighted by atomic mass is 16.3. The van der Waals surface area contributed by atoms with Gasteiger partial charge in [0.1, 0.15) is 17.6 Å². The van der Waals surface area contributed by atoms with Gasteiger partial charge in [-0.2, -0.15) is 0 Å². The van der Waals surface area contributed by atoms with Crippen LogP contribution >= 0.6 is 0 Å². The van der Waals surface area contributed by atoms with Crippen molar-refractivity contribution in [3.63, 3.8) is 0 Å². The van der Waals surface area contributed by atoms with Gasteiger partial charge >= 0.3 is 0 Å². The van der Waals surface area contributed by atoms with Gasteiger partial charge in [0.15, 0.2) is 5.78 Å². The summed E-state index contributed by atoms with van der Waals surface area (Å²) in [5, 5.41) is 28.8. The number of Topliss-reactive ketones (excluding diaryl/α,β-unsaturated/α-hetero) is 1. The Bertz CT molecular complexity index is 541. The Morgan fingerprint density at radius 2 is 1.20 bits per heavy atom. The summed E-state index contributed by atoms with van der Waals surface area (Å²) in [4.78, 5) is 11.5. The second-order valence-corrected chi connectivity index (χ2v) is 4.72. The quantitative estimate of drug-likeness (QED) is 0.797. The van der Waals surface area contributed by atoms with Crippen molar-refractivity contribution in [3.8, 4) is 11.5 Å². The summed E-state index contributed by atoms with van der Waals surface area (Å²) in [5.74, 6) is -0.629. The molecule has 4 heteroatoms. The van der Waals surface area contributed by atoms with E-state index in [-0.39, 0.29) is 17.3 Å². The number of carbonyl (C=O) groups is 1. The second-order valence-electron chi connectivity index (χ2n) is 4.72. The molecule has 1 unspecified atom stereocenters. The number of ketones is 1. The molecule has 2 aromatic carbocycles. The summed E-state index contributed by atoms with van der Waals surface area (Å²) >= 11 is 0. The Hall–Kier alpha value is -2.33. The van der Waals surface area contributed by atoms with E-state index in [1.54, 1.807) is 24.3 Å².